The molecule has 1 aromatic carbocycles. The highest BCUT2D eigenvalue weighted by molar-refractivity contribution is 14.0. The van der Waals surface area contributed by atoms with E-state index >= 15 is 0 Å². The summed E-state index contributed by atoms with van der Waals surface area (Å²) in [6.07, 6.45) is 0. The summed E-state index contributed by atoms with van der Waals surface area (Å²) in [6, 6.07) is 7.04. The Bertz CT molecular complexity index is 778. The van der Waals surface area contributed by atoms with Gasteiger partial charge < -0.3 is 16.0 Å². The van der Waals surface area contributed by atoms with E-state index in [0.29, 0.717) is 37.7 Å². The Kier molecular flexibility index (Phi) is 7.87. The number of benzene rings is 1. The van der Waals surface area contributed by atoms with Crippen molar-refractivity contribution in [3.63, 3.8) is 0 Å². The number of nitrogens with two attached hydrogens (primary N) is 1. The number of hydrogen-bond donors (Lipinski definition) is 2. The fourth-order valence-corrected chi connectivity index (χ4v) is 4.11. The molecule has 1 aliphatic rings. The number of aliphatic imine (C=N–C) groups is 1. The van der Waals surface area contributed by atoms with E-state index in [-0.39, 0.29) is 29.7 Å². The van der Waals surface area contributed by atoms with Crippen molar-refractivity contribution in [1.82, 2.24) is 10.2 Å². The van der Waals surface area contributed by atoms with Crippen LogP contribution in [0.4, 0.5) is 0 Å². The first-order valence-corrected chi connectivity index (χ1v) is 9.96. The molecule has 1 saturated heterocycles. The lowest BCUT2D eigenvalue weighted by molar-refractivity contribution is 0.1000. The molecule has 0 unspecified atom stereocenters. The molecule has 1 aliphatic heterocycles. The summed E-state index contributed by atoms with van der Waals surface area (Å²) in [5, 5.41) is 3.21. The third-order valence-electron chi connectivity index (χ3n) is 4.30. The average molecular weight is 494 g/mol. The number of carbonyl (C=O) groups excluding carboxylic acids is 1. The highest BCUT2D eigenvalue weighted by Gasteiger charge is 2.40. The molecule has 9 heteroatoms. The maximum Gasteiger partial charge on any atom is 0.248 e. The third-order valence-corrected chi connectivity index (χ3v) is 6.83. The molecule has 1 aromatic rings. The van der Waals surface area contributed by atoms with E-state index < -0.39 is 20.5 Å². The van der Waals surface area contributed by atoms with Gasteiger partial charge in [-0.2, -0.15) is 0 Å². The van der Waals surface area contributed by atoms with Crippen molar-refractivity contribution >= 4 is 45.7 Å². The summed E-state index contributed by atoms with van der Waals surface area (Å²) in [5.41, 5.74) is 6.62. The Morgan fingerprint density at radius 1 is 1.38 bits per heavy atom. The lowest BCUT2D eigenvalue weighted by atomic mass is 10.1. The van der Waals surface area contributed by atoms with E-state index in [4.69, 9.17) is 5.73 Å². The van der Waals surface area contributed by atoms with Crippen molar-refractivity contribution in [2.24, 2.45) is 10.7 Å². The number of primary amides is 1. The maximum absolute atomic E-state index is 12.2. The molecule has 26 heavy (non-hydrogen) atoms. The molecular weight excluding hydrogens is 467 g/mol. The van der Waals surface area contributed by atoms with Gasteiger partial charge in [0.2, 0.25) is 5.91 Å². The number of nitrogens with zero attached hydrogens (tertiary/aromatic N) is 2. The minimum absolute atomic E-state index is 0. The third kappa shape index (κ3) is 5.32. The van der Waals surface area contributed by atoms with Gasteiger partial charge in [0, 0.05) is 25.2 Å². The van der Waals surface area contributed by atoms with Crippen LogP contribution in [0.15, 0.2) is 29.3 Å². The summed E-state index contributed by atoms with van der Waals surface area (Å²) in [6.45, 7) is 7.33. The molecule has 0 radical (unpaired) electrons. The fraction of sp³-hybridized carbons (Fsp3) is 0.529. The molecule has 7 nitrogen and oxygen atoms in total. The zero-order valence-corrected chi connectivity index (χ0v) is 18.5. The van der Waals surface area contributed by atoms with Crippen LogP contribution < -0.4 is 11.1 Å². The molecule has 0 saturated carbocycles. The predicted octanol–water partition coefficient (Wildman–Crippen LogP) is 1.38. The lowest BCUT2D eigenvalue weighted by Gasteiger charge is -2.39. The van der Waals surface area contributed by atoms with Gasteiger partial charge in [-0.3, -0.25) is 4.79 Å². The Hall–Kier alpha value is -1.36. The van der Waals surface area contributed by atoms with Gasteiger partial charge in [-0.25, -0.2) is 13.4 Å². The molecule has 0 atom stereocenters. The van der Waals surface area contributed by atoms with Crippen LogP contribution in [0.3, 0.4) is 0 Å². The molecule has 0 bridgehead atoms. The van der Waals surface area contributed by atoms with E-state index in [1.54, 1.807) is 32.0 Å². The molecular formula is C17H27IN4O3S. The number of guanidine groups is 1. The van der Waals surface area contributed by atoms with E-state index in [1.807, 2.05) is 17.9 Å². The number of rotatable bonds is 4. The van der Waals surface area contributed by atoms with Crippen LogP contribution in [-0.4, -0.2) is 55.3 Å². The van der Waals surface area contributed by atoms with E-state index in [2.05, 4.69) is 10.3 Å². The lowest BCUT2D eigenvalue weighted by Crippen LogP contribution is -2.57. The first-order chi connectivity index (χ1) is 11.7. The number of hydrogen-bond acceptors (Lipinski definition) is 4. The first-order valence-electron chi connectivity index (χ1n) is 8.30. The van der Waals surface area contributed by atoms with Gasteiger partial charge in [0.15, 0.2) is 15.8 Å². The largest absolute Gasteiger partial charge is 0.366 e. The zero-order valence-electron chi connectivity index (χ0n) is 15.4. The molecule has 1 heterocycles. The van der Waals surface area contributed by atoms with Crippen LogP contribution in [0.25, 0.3) is 0 Å². The van der Waals surface area contributed by atoms with Crippen molar-refractivity contribution < 1.29 is 13.2 Å². The number of carbonyl (C=O) groups is 1. The first kappa shape index (κ1) is 22.7. The van der Waals surface area contributed by atoms with Crippen molar-refractivity contribution in [2.45, 2.75) is 32.1 Å². The molecule has 1 fully saturated rings. The summed E-state index contributed by atoms with van der Waals surface area (Å²) >= 11 is 0. The normalized spacial score (nSPS) is 18.7. The van der Waals surface area contributed by atoms with E-state index in [1.165, 1.54) is 0 Å². The summed E-state index contributed by atoms with van der Waals surface area (Å²) < 4.78 is 23.5. The molecule has 2 rings (SSSR count). The van der Waals surface area contributed by atoms with E-state index in [0.717, 1.165) is 5.56 Å². The molecule has 146 valence electrons. The van der Waals surface area contributed by atoms with Gasteiger partial charge in [-0.05, 0) is 38.5 Å². The Morgan fingerprint density at radius 2 is 2.08 bits per heavy atom. The smallest absolute Gasteiger partial charge is 0.248 e. The van der Waals surface area contributed by atoms with Crippen LogP contribution in [0.2, 0.25) is 0 Å². The SMILES string of the molecule is CCNC(=NCc1cccc(C(N)=O)c1)N1CCS(=O)(=O)C(C)(C)C1.I. The summed E-state index contributed by atoms with van der Waals surface area (Å²) in [7, 11) is -3.10. The van der Waals surface area contributed by atoms with Crippen molar-refractivity contribution in [2.75, 3.05) is 25.4 Å². The number of sulfone groups is 1. The van der Waals surface area contributed by atoms with Gasteiger partial charge in [0.1, 0.15) is 0 Å². The molecule has 0 aliphatic carbocycles. The van der Waals surface area contributed by atoms with Gasteiger partial charge in [-0.1, -0.05) is 12.1 Å². The van der Waals surface area contributed by atoms with Gasteiger partial charge in [0.05, 0.1) is 17.0 Å². The molecule has 1 amide bonds. The van der Waals surface area contributed by atoms with Gasteiger partial charge >= 0.3 is 0 Å². The Balaban J connectivity index is 0.00000338. The second-order valence-corrected chi connectivity index (χ2v) is 9.48. The van der Waals surface area contributed by atoms with Crippen molar-refractivity contribution in [1.29, 1.82) is 0 Å². The van der Waals surface area contributed by atoms with E-state index in [9.17, 15) is 13.2 Å². The van der Waals surface area contributed by atoms with Crippen molar-refractivity contribution in [3.05, 3.63) is 35.4 Å². The number of halogens is 1. The second kappa shape index (κ2) is 9.03. The van der Waals surface area contributed by atoms with Gasteiger partial charge in [0.25, 0.3) is 0 Å². The van der Waals surface area contributed by atoms with Crippen LogP contribution in [0.5, 0.6) is 0 Å². The average Bonchev–Trinajstić information content (AvgIpc) is 2.54. The number of amides is 1. The minimum Gasteiger partial charge on any atom is -0.366 e. The Labute approximate surface area is 172 Å². The van der Waals surface area contributed by atoms with Crippen LogP contribution in [0, 0.1) is 0 Å². The van der Waals surface area contributed by atoms with Crippen LogP contribution in [0.1, 0.15) is 36.7 Å². The van der Waals surface area contributed by atoms with Gasteiger partial charge in [-0.15, -0.1) is 24.0 Å². The zero-order chi connectivity index (χ0) is 18.7. The summed E-state index contributed by atoms with van der Waals surface area (Å²) in [4.78, 5) is 17.9. The second-order valence-electron chi connectivity index (χ2n) is 6.73. The van der Waals surface area contributed by atoms with Crippen LogP contribution >= 0.6 is 24.0 Å². The molecule has 3 N–H and O–H groups in total. The molecule has 0 spiro atoms. The summed E-state index contributed by atoms with van der Waals surface area (Å²) in [5.74, 6) is 0.317. The fourth-order valence-electron chi connectivity index (χ4n) is 2.74. The Morgan fingerprint density at radius 3 is 2.65 bits per heavy atom. The highest BCUT2D eigenvalue weighted by atomic mass is 127. The maximum atomic E-state index is 12.2. The highest BCUT2D eigenvalue weighted by Crippen LogP contribution is 2.23. The molecule has 0 aromatic heterocycles. The minimum atomic E-state index is -3.10. The standard InChI is InChI=1S/C17H26N4O3S.HI/c1-4-19-16(21-8-9-25(23,24)17(2,3)12-21)20-11-13-6-5-7-14(10-13)15(18)22;/h5-7,10H,4,8-9,11-12H2,1-3H3,(H2,18,22)(H,19,20);1H. The quantitative estimate of drug-likeness (QED) is 0.374. The predicted molar refractivity (Wildman–Crippen MR) is 115 cm³/mol. The monoisotopic (exact) mass is 494 g/mol. The van der Waals surface area contributed by atoms with Crippen molar-refractivity contribution in [3.8, 4) is 0 Å². The number of nitrogens with one attached hydrogen (secondary N) is 1. The topological polar surface area (TPSA) is 105 Å². The van der Waals surface area contributed by atoms with Crippen LogP contribution in [-0.2, 0) is 16.4 Å².